The molecule has 0 aliphatic rings. The highest BCUT2D eigenvalue weighted by Crippen LogP contribution is 2.16. The van der Waals surface area contributed by atoms with Crippen molar-refractivity contribution in [3.63, 3.8) is 0 Å². The van der Waals surface area contributed by atoms with Gasteiger partial charge in [0.25, 0.3) is 5.91 Å². The van der Waals surface area contributed by atoms with Crippen molar-refractivity contribution >= 4 is 17.4 Å². The van der Waals surface area contributed by atoms with Gasteiger partial charge in [0.1, 0.15) is 23.1 Å². The van der Waals surface area contributed by atoms with Gasteiger partial charge in [0.15, 0.2) is 0 Å². The Bertz CT molecular complexity index is 681. The second-order valence-electron chi connectivity index (χ2n) is 5.74. The molecule has 1 aromatic carbocycles. The number of rotatable bonds is 3. The molecule has 116 valence electrons. The van der Waals surface area contributed by atoms with E-state index in [-0.39, 0.29) is 16.9 Å². The average molecular weight is 306 g/mol. The molecule has 0 saturated heterocycles. The number of halogens is 2. The van der Waals surface area contributed by atoms with Gasteiger partial charge >= 0.3 is 0 Å². The average Bonchev–Trinajstić information content (AvgIpc) is 2.41. The molecule has 0 fully saturated rings. The third kappa shape index (κ3) is 4.21. The molecule has 0 aliphatic carbocycles. The quantitative estimate of drug-likeness (QED) is 0.913. The number of hydrogen-bond donors (Lipinski definition) is 2. The monoisotopic (exact) mass is 306 g/mol. The molecule has 0 atom stereocenters. The minimum atomic E-state index is -0.854. The zero-order chi connectivity index (χ0) is 16.3. The van der Waals surface area contributed by atoms with E-state index in [1.165, 1.54) is 12.4 Å². The number of nitrogens with one attached hydrogen (secondary N) is 2. The van der Waals surface area contributed by atoms with Gasteiger partial charge in [-0.05, 0) is 32.9 Å². The molecule has 7 heteroatoms. The van der Waals surface area contributed by atoms with Gasteiger partial charge < -0.3 is 10.6 Å². The minimum absolute atomic E-state index is 0.0307. The van der Waals surface area contributed by atoms with Crippen LogP contribution in [0.2, 0.25) is 0 Å². The number of aromatic nitrogens is 2. The van der Waals surface area contributed by atoms with E-state index in [2.05, 4.69) is 20.6 Å². The lowest BCUT2D eigenvalue weighted by Crippen LogP contribution is -2.27. The van der Waals surface area contributed by atoms with Crippen molar-refractivity contribution in [1.82, 2.24) is 9.97 Å². The lowest BCUT2D eigenvalue weighted by atomic mass is 10.1. The zero-order valence-corrected chi connectivity index (χ0v) is 12.4. The Morgan fingerprint density at radius 1 is 1.14 bits per heavy atom. The van der Waals surface area contributed by atoms with Crippen molar-refractivity contribution in [3.05, 3.63) is 47.9 Å². The summed E-state index contributed by atoms with van der Waals surface area (Å²) in [4.78, 5) is 20.0. The van der Waals surface area contributed by atoms with Crippen LogP contribution in [0.5, 0.6) is 0 Å². The van der Waals surface area contributed by atoms with E-state index in [1.807, 2.05) is 20.8 Å². The van der Waals surface area contributed by atoms with Crippen LogP contribution in [-0.2, 0) is 0 Å². The molecule has 2 N–H and O–H groups in total. The standard InChI is InChI=1S/C15H16F2N4O/c1-15(2,3)21-13-8-18-12(7-19-13)14(22)20-11-5-4-9(16)6-10(11)17/h4-8H,1-3H3,(H,19,21)(H,20,22). The maximum Gasteiger partial charge on any atom is 0.275 e. The largest absolute Gasteiger partial charge is 0.364 e. The number of carbonyl (C=O) groups excluding carboxylic acids is 1. The molecule has 0 saturated carbocycles. The van der Waals surface area contributed by atoms with E-state index in [0.29, 0.717) is 11.9 Å². The maximum atomic E-state index is 13.5. The molecule has 2 rings (SSSR count). The van der Waals surface area contributed by atoms with Crippen LogP contribution < -0.4 is 10.6 Å². The summed E-state index contributed by atoms with van der Waals surface area (Å²) in [6.07, 6.45) is 2.70. The first-order chi connectivity index (χ1) is 10.2. The highest BCUT2D eigenvalue weighted by atomic mass is 19.1. The van der Waals surface area contributed by atoms with E-state index in [1.54, 1.807) is 0 Å². The Balaban J connectivity index is 2.10. The van der Waals surface area contributed by atoms with Crippen molar-refractivity contribution in [2.75, 3.05) is 10.6 Å². The van der Waals surface area contributed by atoms with Crippen LogP contribution >= 0.6 is 0 Å². The van der Waals surface area contributed by atoms with E-state index >= 15 is 0 Å². The van der Waals surface area contributed by atoms with Gasteiger partial charge in [-0.2, -0.15) is 0 Å². The summed E-state index contributed by atoms with van der Waals surface area (Å²) in [5.74, 6) is -1.67. The van der Waals surface area contributed by atoms with Crippen molar-refractivity contribution < 1.29 is 13.6 Å². The molecule has 0 spiro atoms. The van der Waals surface area contributed by atoms with E-state index < -0.39 is 17.5 Å². The zero-order valence-electron chi connectivity index (χ0n) is 12.4. The molecule has 2 aromatic rings. The molecular formula is C15H16F2N4O. The fourth-order valence-corrected chi connectivity index (χ4v) is 1.67. The van der Waals surface area contributed by atoms with Gasteiger partial charge in [-0.15, -0.1) is 0 Å². The molecule has 0 unspecified atom stereocenters. The fourth-order valence-electron chi connectivity index (χ4n) is 1.67. The number of nitrogens with zero attached hydrogens (tertiary/aromatic N) is 2. The molecule has 5 nitrogen and oxygen atoms in total. The number of anilines is 2. The Morgan fingerprint density at radius 3 is 2.41 bits per heavy atom. The predicted molar refractivity (Wildman–Crippen MR) is 79.7 cm³/mol. The van der Waals surface area contributed by atoms with Crippen LogP contribution in [0.4, 0.5) is 20.3 Å². The topological polar surface area (TPSA) is 66.9 Å². The first-order valence-electron chi connectivity index (χ1n) is 6.61. The molecule has 0 bridgehead atoms. The first-order valence-corrected chi connectivity index (χ1v) is 6.61. The fraction of sp³-hybridized carbons (Fsp3) is 0.267. The van der Waals surface area contributed by atoms with Crippen LogP contribution in [0, 0.1) is 11.6 Å². The normalized spacial score (nSPS) is 11.1. The van der Waals surface area contributed by atoms with Crippen LogP contribution in [0.3, 0.4) is 0 Å². The van der Waals surface area contributed by atoms with Gasteiger partial charge in [-0.1, -0.05) is 0 Å². The SMILES string of the molecule is CC(C)(C)Nc1cnc(C(=O)Nc2ccc(F)cc2F)cn1. The summed E-state index contributed by atoms with van der Waals surface area (Å²) in [5.41, 5.74) is -0.274. The lowest BCUT2D eigenvalue weighted by molar-refractivity contribution is 0.102. The van der Waals surface area contributed by atoms with Crippen molar-refractivity contribution in [2.45, 2.75) is 26.3 Å². The lowest BCUT2D eigenvalue weighted by Gasteiger charge is -2.20. The second kappa shape index (κ2) is 6.05. The van der Waals surface area contributed by atoms with Crippen LogP contribution in [0.15, 0.2) is 30.6 Å². The summed E-state index contributed by atoms with van der Waals surface area (Å²) in [6.45, 7) is 5.89. The summed E-state index contributed by atoms with van der Waals surface area (Å²) in [6, 6.07) is 2.89. The molecular weight excluding hydrogens is 290 g/mol. The van der Waals surface area contributed by atoms with Crippen molar-refractivity contribution in [1.29, 1.82) is 0 Å². The Labute approximate surface area is 126 Å². The van der Waals surface area contributed by atoms with E-state index in [4.69, 9.17) is 0 Å². The Morgan fingerprint density at radius 2 is 1.86 bits per heavy atom. The van der Waals surface area contributed by atoms with Crippen LogP contribution in [0.1, 0.15) is 31.3 Å². The van der Waals surface area contributed by atoms with Gasteiger partial charge in [-0.3, -0.25) is 4.79 Å². The first kappa shape index (κ1) is 15.8. The van der Waals surface area contributed by atoms with Crippen molar-refractivity contribution in [3.8, 4) is 0 Å². The minimum Gasteiger partial charge on any atom is -0.364 e. The number of amides is 1. The van der Waals surface area contributed by atoms with Crippen LogP contribution in [0.25, 0.3) is 0 Å². The molecule has 1 aromatic heterocycles. The molecule has 1 amide bonds. The van der Waals surface area contributed by atoms with Gasteiger partial charge in [0, 0.05) is 11.6 Å². The van der Waals surface area contributed by atoms with Crippen LogP contribution in [-0.4, -0.2) is 21.4 Å². The second-order valence-corrected chi connectivity index (χ2v) is 5.74. The van der Waals surface area contributed by atoms with Gasteiger partial charge in [-0.25, -0.2) is 18.7 Å². The number of benzene rings is 1. The highest BCUT2D eigenvalue weighted by Gasteiger charge is 2.14. The molecule has 0 aliphatic heterocycles. The van der Waals surface area contributed by atoms with E-state index in [9.17, 15) is 13.6 Å². The highest BCUT2D eigenvalue weighted by molar-refractivity contribution is 6.02. The van der Waals surface area contributed by atoms with Gasteiger partial charge in [0.2, 0.25) is 0 Å². The maximum absolute atomic E-state index is 13.5. The third-order valence-electron chi connectivity index (χ3n) is 2.57. The Kier molecular flexibility index (Phi) is 4.35. The molecule has 0 radical (unpaired) electrons. The number of hydrogen-bond acceptors (Lipinski definition) is 4. The molecule has 1 heterocycles. The predicted octanol–water partition coefficient (Wildman–Crippen LogP) is 3.22. The smallest absolute Gasteiger partial charge is 0.275 e. The summed E-state index contributed by atoms with van der Waals surface area (Å²) in [5, 5.41) is 5.42. The number of carbonyl (C=O) groups is 1. The summed E-state index contributed by atoms with van der Waals surface area (Å²) < 4.78 is 26.3. The van der Waals surface area contributed by atoms with E-state index in [0.717, 1.165) is 12.1 Å². The summed E-state index contributed by atoms with van der Waals surface area (Å²) in [7, 11) is 0. The van der Waals surface area contributed by atoms with Gasteiger partial charge in [0.05, 0.1) is 18.1 Å². The molecule has 22 heavy (non-hydrogen) atoms. The third-order valence-corrected chi connectivity index (χ3v) is 2.57. The Hall–Kier alpha value is -2.57. The summed E-state index contributed by atoms with van der Waals surface area (Å²) >= 11 is 0. The van der Waals surface area contributed by atoms with Crippen molar-refractivity contribution in [2.24, 2.45) is 0 Å².